The standard InChI is InChI=1S/C21H23N5O2/c1-14-19(15(2)26(25-14)20-6-4-5-12-22-20)11-13-23-21(28)17-7-9-18(10-8-17)24-16(3)27/h4-10,12H,11,13H2,1-3H3,(H,23,28)(H,24,27). The van der Waals surface area contributed by atoms with E-state index < -0.39 is 0 Å². The van der Waals surface area contributed by atoms with Gasteiger partial charge >= 0.3 is 0 Å². The number of anilines is 1. The molecule has 0 aliphatic heterocycles. The maximum atomic E-state index is 12.3. The molecule has 2 amide bonds. The molecule has 3 aromatic rings. The third-order valence-corrected chi connectivity index (χ3v) is 4.44. The van der Waals surface area contributed by atoms with Crippen LogP contribution in [0.3, 0.4) is 0 Å². The van der Waals surface area contributed by atoms with Crippen LogP contribution in [0.4, 0.5) is 5.69 Å². The molecular weight excluding hydrogens is 354 g/mol. The fourth-order valence-electron chi connectivity index (χ4n) is 3.05. The molecule has 0 aliphatic carbocycles. The smallest absolute Gasteiger partial charge is 0.251 e. The molecular formula is C21H23N5O2. The Morgan fingerprint density at radius 2 is 1.82 bits per heavy atom. The molecule has 28 heavy (non-hydrogen) atoms. The number of aromatic nitrogens is 3. The summed E-state index contributed by atoms with van der Waals surface area (Å²) < 4.78 is 1.83. The number of carbonyl (C=O) groups is 2. The van der Waals surface area contributed by atoms with Gasteiger partial charge in [0.2, 0.25) is 5.91 Å². The summed E-state index contributed by atoms with van der Waals surface area (Å²) in [4.78, 5) is 27.7. The van der Waals surface area contributed by atoms with E-state index in [1.54, 1.807) is 30.5 Å². The summed E-state index contributed by atoms with van der Waals surface area (Å²) >= 11 is 0. The molecule has 0 spiro atoms. The molecule has 0 atom stereocenters. The van der Waals surface area contributed by atoms with Crippen LogP contribution in [-0.4, -0.2) is 33.1 Å². The highest BCUT2D eigenvalue weighted by Crippen LogP contribution is 2.17. The summed E-state index contributed by atoms with van der Waals surface area (Å²) in [7, 11) is 0. The second-order valence-electron chi connectivity index (χ2n) is 6.51. The minimum absolute atomic E-state index is 0.144. The van der Waals surface area contributed by atoms with Crippen molar-refractivity contribution in [3.63, 3.8) is 0 Å². The zero-order valence-electron chi connectivity index (χ0n) is 16.2. The van der Waals surface area contributed by atoms with Gasteiger partial charge < -0.3 is 10.6 Å². The predicted molar refractivity (Wildman–Crippen MR) is 108 cm³/mol. The molecule has 1 aromatic carbocycles. The van der Waals surface area contributed by atoms with Crippen molar-refractivity contribution in [1.82, 2.24) is 20.1 Å². The maximum absolute atomic E-state index is 12.3. The number of aryl methyl sites for hydroxylation is 1. The Kier molecular flexibility index (Phi) is 5.84. The topological polar surface area (TPSA) is 88.9 Å². The van der Waals surface area contributed by atoms with Gasteiger partial charge in [-0.3, -0.25) is 9.59 Å². The second kappa shape index (κ2) is 8.47. The monoisotopic (exact) mass is 377 g/mol. The number of nitrogens with one attached hydrogen (secondary N) is 2. The van der Waals surface area contributed by atoms with Crippen LogP contribution in [0.15, 0.2) is 48.7 Å². The van der Waals surface area contributed by atoms with Crippen molar-refractivity contribution in [2.24, 2.45) is 0 Å². The van der Waals surface area contributed by atoms with Gasteiger partial charge in [-0.15, -0.1) is 0 Å². The van der Waals surface area contributed by atoms with Crippen molar-refractivity contribution in [2.75, 3.05) is 11.9 Å². The van der Waals surface area contributed by atoms with Crippen LogP contribution >= 0.6 is 0 Å². The summed E-state index contributed by atoms with van der Waals surface area (Å²) in [6, 6.07) is 12.5. The molecule has 0 bridgehead atoms. The molecule has 2 N–H and O–H groups in total. The molecule has 0 saturated heterocycles. The molecule has 2 heterocycles. The molecule has 0 fully saturated rings. The molecule has 2 aromatic heterocycles. The number of pyridine rings is 1. The molecule has 7 nitrogen and oxygen atoms in total. The van der Waals surface area contributed by atoms with Crippen LogP contribution in [0.1, 0.15) is 34.2 Å². The van der Waals surface area contributed by atoms with E-state index in [-0.39, 0.29) is 11.8 Å². The van der Waals surface area contributed by atoms with E-state index in [1.807, 2.05) is 36.7 Å². The Balaban J connectivity index is 1.61. The average molecular weight is 377 g/mol. The quantitative estimate of drug-likeness (QED) is 0.691. The lowest BCUT2D eigenvalue weighted by Crippen LogP contribution is -2.26. The van der Waals surface area contributed by atoms with E-state index in [4.69, 9.17) is 0 Å². The van der Waals surface area contributed by atoms with Crippen molar-refractivity contribution in [1.29, 1.82) is 0 Å². The molecule has 144 valence electrons. The normalized spacial score (nSPS) is 10.5. The average Bonchev–Trinajstić information content (AvgIpc) is 2.97. The van der Waals surface area contributed by atoms with E-state index in [0.29, 0.717) is 24.2 Å². The Labute approximate surface area is 163 Å². The first-order chi connectivity index (χ1) is 13.5. The zero-order chi connectivity index (χ0) is 20.1. The minimum atomic E-state index is -0.151. The number of nitrogens with zero attached hydrogens (tertiary/aromatic N) is 3. The molecule has 7 heteroatoms. The van der Waals surface area contributed by atoms with Gasteiger partial charge in [0, 0.05) is 36.6 Å². The van der Waals surface area contributed by atoms with Gasteiger partial charge in [-0.2, -0.15) is 5.10 Å². The number of carbonyl (C=O) groups excluding carboxylic acids is 2. The summed E-state index contributed by atoms with van der Waals surface area (Å²) in [5.41, 5.74) is 4.26. The van der Waals surface area contributed by atoms with E-state index in [2.05, 4.69) is 20.7 Å². The zero-order valence-corrected chi connectivity index (χ0v) is 16.2. The lowest BCUT2D eigenvalue weighted by atomic mass is 10.1. The fraction of sp³-hybridized carbons (Fsp3) is 0.238. The summed E-state index contributed by atoms with van der Waals surface area (Å²) in [6.45, 7) is 5.92. The molecule has 3 rings (SSSR count). The Morgan fingerprint density at radius 3 is 2.46 bits per heavy atom. The van der Waals surface area contributed by atoms with Crippen molar-refractivity contribution in [3.8, 4) is 5.82 Å². The number of hydrogen-bond donors (Lipinski definition) is 2. The Bertz CT molecular complexity index is 978. The largest absolute Gasteiger partial charge is 0.352 e. The fourth-order valence-corrected chi connectivity index (χ4v) is 3.05. The maximum Gasteiger partial charge on any atom is 0.251 e. The van der Waals surface area contributed by atoms with E-state index in [1.165, 1.54) is 6.92 Å². The van der Waals surface area contributed by atoms with Gasteiger partial charge in [0.1, 0.15) is 0 Å². The van der Waals surface area contributed by atoms with Gasteiger partial charge in [0.25, 0.3) is 5.91 Å². The van der Waals surface area contributed by atoms with Crippen LogP contribution in [0, 0.1) is 13.8 Å². The molecule has 0 saturated carbocycles. The first-order valence-corrected chi connectivity index (χ1v) is 9.08. The highest BCUT2D eigenvalue weighted by atomic mass is 16.2. The molecule has 0 radical (unpaired) electrons. The third-order valence-electron chi connectivity index (χ3n) is 4.44. The van der Waals surface area contributed by atoms with Crippen LogP contribution in [0.2, 0.25) is 0 Å². The summed E-state index contributed by atoms with van der Waals surface area (Å²) in [5, 5.41) is 10.2. The highest BCUT2D eigenvalue weighted by Gasteiger charge is 2.14. The Morgan fingerprint density at radius 1 is 1.07 bits per heavy atom. The van der Waals surface area contributed by atoms with Crippen LogP contribution in [0.5, 0.6) is 0 Å². The summed E-state index contributed by atoms with van der Waals surface area (Å²) in [6.07, 6.45) is 2.42. The van der Waals surface area contributed by atoms with Crippen LogP contribution in [0.25, 0.3) is 5.82 Å². The SMILES string of the molecule is CC(=O)Nc1ccc(C(=O)NCCc2c(C)nn(-c3ccccn3)c2C)cc1. The predicted octanol–water partition coefficient (Wildman–Crippen LogP) is 2.82. The first kappa shape index (κ1) is 19.3. The van der Waals surface area contributed by atoms with Gasteiger partial charge in [0.15, 0.2) is 5.82 Å². The number of hydrogen-bond acceptors (Lipinski definition) is 4. The van der Waals surface area contributed by atoms with Crippen LogP contribution < -0.4 is 10.6 Å². The van der Waals surface area contributed by atoms with Gasteiger partial charge in [-0.1, -0.05) is 6.07 Å². The lowest BCUT2D eigenvalue weighted by Gasteiger charge is -2.08. The highest BCUT2D eigenvalue weighted by molar-refractivity contribution is 5.95. The van der Waals surface area contributed by atoms with Crippen molar-refractivity contribution in [2.45, 2.75) is 27.2 Å². The van der Waals surface area contributed by atoms with E-state index in [9.17, 15) is 9.59 Å². The molecule has 0 unspecified atom stereocenters. The van der Waals surface area contributed by atoms with Crippen molar-refractivity contribution < 1.29 is 9.59 Å². The molecule has 0 aliphatic rings. The number of amides is 2. The van der Waals surface area contributed by atoms with E-state index >= 15 is 0 Å². The van der Waals surface area contributed by atoms with Gasteiger partial charge in [-0.05, 0) is 62.2 Å². The van der Waals surface area contributed by atoms with Crippen LogP contribution in [-0.2, 0) is 11.2 Å². The Hall–Kier alpha value is -3.48. The third kappa shape index (κ3) is 4.43. The van der Waals surface area contributed by atoms with Gasteiger partial charge in [0.05, 0.1) is 5.69 Å². The van der Waals surface area contributed by atoms with Crippen molar-refractivity contribution >= 4 is 17.5 Å². The summed E-state index contributed by atoms with van der Waals surface area (Å²) in [5.74, 6) is 0.480. The van der Waals surface area contributed by atoms with E-state index in [0.717, 1.165) is 22.8 Å². The van der Waals surface area contributed by atoms with Gasteiger partial charge in [-0.25, -0.2) is 9.67 Å². The lowest BCUT2D eigenvalue weighted by molar-refractivity contribution is -0.114. The van der Waals surface area contributed by atoms with Crippen molar-refractivity contribution in [3.05, 3.63) is 71.2 Å². The number of benzene rings is 1. The first-order valence-electron chi connectivity index (χ1n) is 9.08. The number of rotatable bonds is 6. The minimum Gasteiger partial charge on any atom is -0.352 e. The second-order valence-corrected chi connectivity index (χ2v) is 6.51.